The Bertz CT molecular complexity index is 814. The Labute approximate surface area is 162 Å². The number of nitrogens with zero attached hydrogens (tertiary/aromatic N) is 1. The van der Waals surface area contributed by atoms with E-state index in [2.05, 4.69) is 15.4 Å². The largest absolute Gasteiger partial charge is 0.453 e. The first-order valence-electron chi connectivity index (χ1n) is 7.75. The van der Waals surface area contributed by atoms with Gasteiger partial charge in [-0.3, -0.25) is 5.32 Å². The average Bonchev–Trinajstić information content (AvgIpc) is 2.60. The maximum Gasteiger partial charge on any atom is 0.411 e. The van der Waals surface area contributed by atoms with Crippen LogP contribution in [0.15, 0.2) is 42.5 Å². The van der Waals surface area contributed by atoms with Gasteiger partial charge in [-0.05, 0) is 42.8 Å². The number of amides is 3. The quantitative estimate of drug-likeness (QED) is 0.727. The highest BCUT2D eigenvalue weighted by atomic mass is 35.5. The van der Waals surface area contributed by atoms with E-state index in [0.717, 1.165) is 5.56 Å². The summed E-state index contributed by atoms with van der Waals surface area (Å²) in [5.41, 5.74) is 1.83. The zero-order valence-corrected chi connectivity index (χ0v) is 16.1. The van der Waals surface area contributed by atoms with Crippen molar-refractivity contribution in [2.45, 2.75) is 13.0 Å². The summed E-state index contributed by atoms with van der Waals surface area (Å²) in [6.07, 6.45) is -0.586. The van der Waals surface area contributed by atoms with E-state index >= 15 is 0 Å². The Hall–Kier alpha value is -2.44. The first-order chi connectivity index (χ1) is 12.3. The van der Waals surface area contributed by atoms with Crippen LogP contribution in [-0.4, -0.2) is 31.2 Å². The molecule has 0 heterocycles. The minimum atomic E-state index is -0.586. The molecule has 0 aliphatic heterocycles. The minimum Gasteiger partial charge on any atom is -0.453 e. The minimum absolute atomic E-state index is 0.267. The Morgan fingerprint density at radius 1 is 1.08 bits per heavy atom. The number of carbonyl (C=O) groups excluding carboxylic acids is 2. The van der Waals surface area contributed by atoms with Crippen molar-refractivity contribution < 1.29 is 14.3 Å². The molecule has 2 rings (SSSR count). The number of anilines is 2. The van der Waals surface area contributed by atoms with Gasteiger partial charge in [0, 0.05) is 28.5 Å². The van der Waals surface area contributed by atoms with Crippen LogP contribution in [0.3, 0.4) is 0 Å². The molecular formula is C18H19Cl2N3O3. The van der Waals surface area contributed by atoms with Crippen LogP contribution < -0.4 is 10.6 Å². The number of methoxy groups -OCH3 is 1. The van der Waals surface area contributed by atoms with Crippen molar-refractivity contribution >= 4 is 46.7 Å². The molecule has 0 saturated heterocycles. The number of nitrogens with one attached hydrogen (secondary N) is 2. The second kappa shape index (κ2) is 8.78. The van der Waals surface area contributed by atoms with E-state index in [1.807, 2.05) is 6.92 Å². The summed E-state index contributed by atoms with van der Waals surface area (Å²) in [5.74, 6) is 0. The molecule has 1 unspecified atom stereocenters. The van der Waals surface area contributed by atoms with Gasteiger partial charge >= 0.3 is 12.1 Å². The number of benzene rings is 2. The number of ether oxygens (including phenoxy) is 1. The Kier molecular flexibility index (Phi) is 6.71. The second-order valence-electron chi connectivity index (χ2n) is 5.58. The molecule has 3 amide bonds. The van der Waals surface area contributed by atoms with E-state index in [0.29, 0.717) is 21.4 Å². The molecule has 138 valence electrons. The summed E-state index contributed by atoms with van der Waals surface area (Å²) in [6, 6.07) is 11.3. The molecule has 0 aliphatic rings. The maximum absolute atomic E-state index is 12.5. The molecule has 0 radical (unpaired) electrons. The fraction of sp³-hybridized carbons (Fsp3) is 0.222. The fourth-order valence-corrected chi connectivity index (χ4v) is 2.85. The first-order valence-corrected chi connectivity index (χ1v) is 8.51. The van der Waals surface area contributed by atoms with Gasteiger partial charge in [-0.1, -0.05) is 35.3 Å². The molecule has 0 aliphatic carbocycles. The predicted molar refractivity (Wildman–Crippen MR) is 104 cm³/mol. The molecule has 26 heavy (non-hydrogen) atoms. The zero-order chi connectivity index (χ0) is 19.3. The number of halogens is 2. The highest BCUT2D eigenvalue weighted by molar-refractivity contribution is 6.35. The van der Waals surface area contributed by atoms with E-state index in [1.54, 1.807) is 49.5 Å². The topological polar surface area (TPSA) is 70.7 Å². The summed E-state index contributed by atoms with van der Waals surface area (Å²) in [7, 11) is 2.95. The van der Waals surface area contributed by atoms with Crippen molar-refractivity contribution in [2.24, 2.45) is 0 Å². The molecule has 8 heteroatoms. The molecule has 0 bridgehead atoms. The Morgan fingerprint density at radius 2 is 1.73 bits per heavy atom. The van der Waals surface area contributed by atoms with Gasteiger partial charge in [0.25, 0.3) is 0 Å². The molecular weight excluding hydrogens is 377 g/mol. The van der Waals surface area contributed by atoms with Gasteiger partial charge in [-0.15, -0.1) is 0 Å². The summed E-state index contributed by atoms with van der Waals surface area (Å²) in [4.78, 5) is 25.3. The van der Waals surface area contributed by atoms with Crippen LogP contribution in [0.4, 0.5) is 21.0 Å². The predicted octanol–water partition coefficient (Wildman–Crippen LogP) is 5.40. The second-order valence-corrected chi connectivity index (χ2v) is 6.42. The summed E-state index contributed by atoms with van der Waals surface area (Å²) in [5, 5.41) is 6.35. The van der Waals surface area contributed by atoms with Crippen LogP contribution in [0.25, 0.3) is 0 Å². The monoisotopic (exact) mass is 395 g/mol. The molecule has 2 aromatic carbocycles. The number of hydrogen-bond donors (Lipinski definition) is 2. The third kappa shape index (κ3) is 5.03. The van der Waals surface area contributed by atoms with Gasteiger partial charge in [0.2, 0.25) is 0 Å². The van der Waals surface area contributed by atoms with Gasteiger partial charge in [-0.2, -0.15) is 0 Å². The first kappa shape index (κ1) is 19.9. The van der Waals surface area contributed by atoms with Gasteiger partial charge in [0.15, 0.2) is 0 Å². The highest BCUT2D eigenvalue weighted by Crippen LogP contribution is 2.29. The number of carbonyl (C=O) groups is 2. The fourth-order valence-electron chi connectivity index (χ4n) is 2.28. The van der Waals surface area contributed by atoms with E-state index in [1.165, 1.54) is 12.0 Å². The van der Waals surface area contributed by atoms with Crippen LogP contribution in [0.5, 0.6) is 0 Å². The molecule has 0 fully saturated rings. The lowest BCUT2D eigenvalue weighted by Crippen LogP contribution is -2.33. The molecule has 1 atom stereocenters. The number of rotatable bonds is 4. The molecule has 2 N–H and O–H groups in total. The van der Waals surface area contributed by atoms with Crippen molar-refractivity contribution in [3.05, 3.63) is 58.1 Å². The maximum atomic E-state index is 12.5. The molecule has 0 spiro atoms. The van der Waals surface area contributed by atoms with E-state index < -0.39 is 6.09 Å². The average molecular weight is 396 g/mol. The smallest absolute Gasteiger partial charge is 0.411 e. The summed E-state index contributed by atoms with van der Waals surface area (Å²) in [6.45, 7) is 1.87. The van der Waals surface area contributed by atoms with Crippen LogP contribution in [0.2, 0.25) is 10.0 Å². The van der Waals surface area contributed by atoms with Gasteiger partial charge < -0.3 is 15.0 Å². The van der Waals surface area contributed by atoms with Crippen molar-refractivity contribution in [1.82, 2.24) is 4.90 Å². The van der Waals surface area contributed by atoms with Crippen molar-refractivity contribution in [3.63, 3.8) is 0 Å². The van der Waals surface area contributed by atoms with Crippen molar-refractivity contribution in [1.29, 1.82) is 0 Å². The van der Waals surface area contributed by atoms with Crippen LogP contribution in [0, 0.1) is 0 Å². The van der Waals surface area contributed by atoms with E-state index in [9.17, 15) is 9.59 Å². The van der Waals surface area contributed by atoms with Gasteiger partial charge in [-0.25, -0.2) is 9.59 Å². The van der Waals surface area contributed by atoms with Crippen LogP contribution in [0.1, 0.15) is 18.5 Å². The van der Waals surface area contributed by atoms with Crippen molar-refractivity contribution in [2.75, 3.05) is 24.8 Å². The van der Waals surface area contributed by atoms with Gasteiger partial charge in [0.05, 0.1) is 13.2 Å². The molecule has 6 nitrogen and oxygen atoms in total. The SMILES string of the molecule is COC(=O)Nc1cccc(NC(=O)N(C)C(C)c2ccc(Cl)cc2Cl)c1. The Balaban J connectivity index is 2.09. The third-order valence-electron chi connectivity index (χ3n) is 3.86. The van der Waals surface area contributed by atoms with E-state index in [-0.39, 0.29) is 12.1 Å². The van der Waals surface area contributed by atoms with Crippen molar-refractivity contribution in [3.8, 4) is 0 Å². The lowest BCUT2D eigenvalue weighted by molar-refractivity contribution is 0.187. The lowest BCUT2D eigenvalue weighted by atomic mass is 10.1. The van der Waals surface area contributed by atoms with Crippen LogP contribution in [-0.2, 0) is 4.74 Å². The number of urea groups is 1. The lowest BCUT2D eigenvalue weighted by Gasteiger charge is -2.26. The summed E-state index contributed by atoms with van der Waals surface area (Å²) >= 11 is 12.1. The van der Waals surface area contributed by atoms with Gasteiger partial charge in [0.1, 0.15) is 0 Å². The third-order valence-corrected chi connectivity index (χ3v) is 4.42. The molecule has 0 aromatic heterocycles. The van der Waals surface area contributed by atoms with Crippen LogP contribution >= 0.6 is 23.2 Å². The zero-order valence-electron chi connectivity index (χ0n) is 14.5. The standard InChI is InChI=1S/C18H19Cl2N3O3/c1-11(15-8-7-12(19)9-16(15)20)23(2)17(24)21-13-5-4-6-14(10-13)22-18(25)26-3/h4-11H,1-3H3,(H,21,24)(H,22,25). The summed E-state index contributed by atoms with van der Waals surface area (Å²) < 4.78 is 4.55. The normalized spacial score (nSPS) is 11.4. The molecule has 2 aromatic rings. The van der Waals surface area contributed by atoms with E-state index in [4.69, 9.17) is 23.2 Å². The number of hydrogen-bond acceptors (Lipinski definition) is 3. The molecule has 0 saturated carbocycles. The Morgan fingerprint density at radius 3 is 2.35 bits per heavy atom. The highest BCUT2D eigenvalue weighted by Gasteiger charge is 2.20.